The van der Waals surface area contributed by atoms with Crippen LogP contribution in [-0.2, 0) is 0 Å². The van der Waals surface area contributed by atoms with E-state index >= 15 is 0 Å². The molecule has 1 aromatic carbocycles. The first-order valence-electron chi connectivity index (χ1n) is 6.85. The summed E-state index contributed by atoms with van der Waals surface area (Å²) < 4.78 is 0. The Bertz CT molecular complexity index is 1010. The summed E-state index contributed by atoms with van der Waals surface area (Å²) in [5.41, 5.74) is 2.97. The number of nitrogens with one attached hydrogen (secondary N) is 1. The van der Waals surface area contributed by atoms with Crippen LogP contribution in [0.1, 0.15) is 5.56 Å². The number of fused-ring (bicyclic) bond motifs is 1. The molecule has 0 aliphatic rings. The second-order valence-electron chi connectivity index (χ2n) is 5.09. The van der Waals surface area contributed by atoms with Crippen LogP contribution in [0.3, 0.4) is 0 Å². The standard InChI is InChI=1S/C17H12N2OS2/c1-10-4-2-5-11(8-10)15-18-16(20)14-12(9-22-17(14)19-15)13-6-3-7-21-13/h2-9H,1H3,(H,18,19,20). The van der Waals surface area contributed by atoms with Gasteiger partial charge in [-0.2, -0.15) is 0 Å². The predicted molar refractivity (Wildman–Crippen MR) is 93.7 cm³/mol. The molecule has 0 radical (unpaired) electrons. The highest BCUT2D eigenvalue weighted by Crippen LogP contribution is 2.34. The fraction of sp³-hybridized carbons (Fsp3) is 0.0588. The van der Waals surface area contributed by atoms with Crippen molar-refractivity contribution in [2.75, 3.05) is 0 Å². The van der Waals surface area contributed by atoms with Gasteiger partial charge in [0, 0.05) is 21.4 Å². The van der Waals surface area contributed by atoms with Crippen molar-refractivity contribution in [2.45, 2.75) is 6.92 Å². The Morgan fingerprint density at radius 2 is 2.05 bits per heavy atom. The molecule has 0 saturated heterocycles. The van der Waals surface area contributed by atoms with Crippen LogP contribution in [0.25, 0.3) is 32.0 Å². The van der Waals surface area contributed by atoms with E-state index in [0.29, 0.717) is 11.2 Å². The second kappa shape index (κ2) is 5.19. The second-order valence-corrected chi connectivity index (χ2v) is 6.90. The number of rotatable bonds is 2. The number of aromatic nitrogens is 2. The Balaban J connectivity index is 1.94. The number of nitrogens with zero attached hydrogens (tertiary/aromatic N) is 1. The van der Waals surface area contributed by atoms with E-state index < -0.39 is 0 Å². The summed E-state index contributed by atoms with van der Waals surface area (Å²) in [5.74, 6) is 0.626. The van der Waals surface area contributed by atoms with Gasteiger partial charge in [0.1, 0.15) is 10.7 Å². The number of aromatic amines is 1. The Labute approximate surface area is 134 Å². The van der Waals surface area contributed by atoms with Crippen LogP contribution in [0.2, 0.25) is 0 Å². The van der Waals surface area contributed by atoms with Crippen LogP contribution in [0.4, 0.5) is 0 Å². The van der Waals surface area contributed by atoms with Gasteiger partial charge in [-0.05, 0) is 24.4 Å². The quantitative estimate of drug-likeness (QED) is 0.581. The topological polar surface area (TPSA) is 45.8 Å². The average Bonchev–Trinajstić information content (AvgIpc) is 3.16. The van der Waals surface area contributed by atoms with Gasteiger partial charge < -0.3 is 4.98 Å². The van der Waals surface area contributed by atoms with Crippen molar-refractivity contribution in [3.05, 3.63) is 63.1 Å². The lowest BCUT2D eigenvalue weighted by atomic mass is 10.1. The maximum Gasteiger partial charge on any atom is 0.260 e. The molecule has 0 aliphatic heterocycles. The largest absolute Gasteiger partial charge is 0.306 e. The van der Waals surface area contributed by atoms with Gasteiger partial charge >= 0.3 is 0 Å². The van der Waals surface area contributed by atoms with Gasteiger partial charge in [-0.25, -0.2) is 4.98 Å². The van der Waals surface area contributed by atoms with Crippen LogP contribution in [0.15, 0.2) is 52.0 Å². The molecular weight excluding hydrogens is 312 g/mol. The number of benzene rings is 1. The molecule has 0 atom stereocenters. The van der Waals surface area contributed by atoms with Gasteiger partial charge in [0.05, 0.1) is 5.39 Å². The molecule has 0 amide bonds. The number of aryl methyl sites for hydroxylation is 1. The first-order chi connectivity index (χ1) is 10.7. The minimum atomic E-state index is -0.0776. The third-order valence-corrected chi connectivity index (χ3v) is 5.30. The maximum absolute atomic E-state index is 12.6. The predicted octanol–water partition coefficient (Wildman–Crippen LogP) is 4.69. The van der Waals surface area contributed by atoms with Crippen LogP contribution < -0.4 is 5.56 Å². The van der Waals surface area contributed by atoms with Crippen molar-refractivity contribution in [3.63, 3.8) is 0 Å². The van der Waals surface area contributed by atoms with E-state index in [1.54, 1.807) is 11.3 Å². The summed E-state index contributed by atoms with van der Waals surface area (Å²) in [6.07, 6.45) is 0. The first-order valence-corrected chi connectivity index (χ1v) is 8.61. The lowest BCUT2D eigenvalue weighted by molar-refractivity contribution is 1.19. The zero-order chi connectivity index (χ0) is 15.1. The van der Waals surface area contributed by atoms with E-state index in [9.17, 15) is 4.79 Å². The monoisotopic (exact) mass is 324 g/mol. The first kappa shape index (κ1) is 13.4. The molecule has 0 fully saturated rings. The van der Waals surface area contributed by atoms with Crippen molar-refractivity contribution in [2.24, 2.45) is 0 Å². The highest BCUT2D eigenvalue weighted by atomic mass is 32.1. The molecule has 4 rings (SSSR count). The van der Waals surface area contributed by atoms with Gasteiger partial charge in [-0.3, -0.25) is 4.79 Å². The summed E-state index contributed by atoms with van der Waals surface area (Å²) >= 11 is 3.15. The molecule has 1 N–H and O–H groups in total. The SMILES string of the molecule is Cc1cccc(-c2nc3scc(-c4cccs4)c3c(=O)[nH]2)c1. The number of thiophene rings is 2. The molecule has 0 bridgehead atoms. The third-order valence-electron chi connectivity index (χ3n) is 3.52. The third kappa shape index (κ3) is 2.19. The fourth-order valence-electron chi connectivity index (χ4n) is 2.49. The van der Waals surface area contributed by atoms with E-state index in [4.69, 9.17) is 0 Å². The number of H-pyrrole nitrogens is 1. The smallest absolute Gasteiger partial charge is 0.260 e. The normalized spacial score (nSPS) is 11.1. The van der Waals surface area contributed by atoms with E-state index in [-0.39, 0.29) is 5.56 Å². The minimum absolute atomic E-state index is 0.0776. The molecule has 0 saturated carbocycles. The molecule has 108 valence electrons. The van der Waals surface area contributed by atoms with Gasteiger partial charge in [0.2, 0.25) is 0 Å². The molecule has 3 nitrogen and oxygen atoms in total. The summed E-state index contributed by atoms with van der Waals surface area (Å²) in [6.45, 7) is 2.03. The highest BCUT2D eigenvalue weighted by molar-refractivity contribution is 7.18. The zero-order valence-corrected chi connectivity index (χ0v) is 13.4. The molecule has 3 aromatic heterocycles. The van der Waals surface area contributed by atoms with E-state index in [1.807, 2.05) is 54.1 Å². The maximum atomic E-state index is 12.6. The molecule has 0 aliphatic carbocycles. The van der Waals surface area contributed by atoms with Crippen molar-refractivity contribution in [1.82, 2.24) is 9.97 Å². The van der Waals surface area contributed by atoms with Gasteiger partial charge in [-0.15, -0.1) is 22.7 Å². The molecule has 0 unspecified atom stereocenters. The molecule has 4 aromatic rings. The Morgan fingerprint density at radius 3 is 2.82 bits per heavy atom. The molecule has 3 heterocycles. The Kier molecular flexibility index (Phi) is 3.17. The van der Waals surface area contributed by atoms with E-state index in [0.717, 1.165) is 26.4 Å². The summed E-state index contributed by atoms with van der Waals surface area (Å²) in [4.78, 5) is 22.0. The fourth-order valence-corrected chi connectivity index (χ4v) is 4.25. The van der Waals surface area contributed by atoms with Crippen LogP contribution in [0, 0.1) is 6.92 Å². The van der Waals surface area contributed by atoms with E-state index in [2.05, 4.69) is 9.97 Å². The van der Waals surface area contributed by atoms with E-state index in [1.165, 1.54) is 11.3 Å². The van der Waals surface area contributed by atoms with Crippen LogP contribution >= 0.6 is 22.7 Å². The zero-order valence-electron chi connectivity index (χ0n) is 11.8. The summed E-state index contributed by atoms with van der Waals surface area (Å²) in [6, 6.07) is 12.0. The Morgan fingerprint density at radius 1 is 1.14 bits per heavy atom. The average molecular weight is 324 g/mol. The van der Waals surface area contributed by atoms with Gasteiger partial charge in [0.15, 0.2) is 0 Å². The summed E-state index contributed by atoms with van der Waals surface area (Å²) in [7, 11) is 0. The minimum Gasteiger partial charge on any atom is -0.306 e. The van der Waals surface area contributed by atoms with Gasteiger partial charge in [0.25, 0.3) is 5.56 Å². The van der Waals surface area contributed by atoms with Crippen molar-refractivity contribution in [1.29, 1.82) is 0 Å². The molecule has 22 heavy (non-hydrogen) atoms. The van der Waals surface area contributed by atoms with Crippen molar-refractivity contribution >= 4 is 32.9 Å². The lowest BCUT2D eigenvalue weighted by Crippen LogP contribution is -2.08. The van der Waals surface area contributed by atoms with Crippen LogP contribution in [-0.4, -0.2) is 9.97 Å². The number of hydrogen-bond acceptors (Lipinski definition) is 4. The lowest BCUT2D eigenvalue weighted by Gasteiger charge is -2.02. The highest BCUT2D eigenvalue weighted by Gasteiger charge is 2.14. The van der Waals surface area contributed by atoms with Gasteiger partial charge in [-0.1, -0.05) is 29.8 Å². The molecule has 5 heteroatoms. The van der Waals surface area contributed by atoms with Crippen LogP contribution in [0.5, 0.6) is 0 Å². The Hall–Kier alpha value is -2.24. The van der Waals surface area contributed by atoms with Crippen molar-refractivity contribution < 1.29 is 0 Å². The number of hydrogen-bond donors (Lipinski definition) is 1. The van der Waals surface area contributed by atoms with Crippen molar-refractivity contribution in [3.8, 4) is 21.8 Å². The summed E-state index contributed by atoms with van der Waals surface area (Å²) in [5, 5.41) is 4.71. The molecular formula is C17H12N2OS2. The molecule has 0 spiro atoms.